The van der Waals surface area contributed by atoms with Gasteiger partial charge in [-0.05, 0) is 35.4 Å². The molecule has 3 rings (SSSR count). The van der Waals surface area contributed by atoms with Crippen LogP contribution in [0.3, 0.4) is 0 Å². The van der Waals surface area contributed by atoms with E-state index < -0.39 is 0 Å². The molecule has 130 valence electrons. The molecule has 0 saturated carbocycles. The van der Waals surface area contributed by atoms with Crippen molar-refractivity contribution in [1.29, 1.82) is 5.26 Å². The zero-order valence-corrected chi connectivity index (χ0v) is 15.2. The second kappa shape index (κ2) is 8.05. The Morgan fingerprint density at radius 1 is 1.08 bits per heavy atom. The average molecular weight is 378 g/mol. The predicted molar refractivity (Wildman–Crippen MR) is 99.6 cm³/mol. The molecule has 0 unspecified atom stereocenters. The number of rotatable bonds is 4. The van der Waals surface area contributed by atoms with Gasteiger partial charge in [0.05, 0.1) is 17.3 Å². The first-order valence-corrected chi connectivity index (χ1v) is 9.02. The largest absolute Gasteiger partial charge is 0.367 e. The highest BCUT2D eigenvalue weighted by molar-refractivity contribution is 6.32. The van der Waals surface area contributed by atoms with Crippen molar-refractivity contribution in [3.63, 3.8) is 0 Å². The van der Waals surface area contributed by atoms with Crippen LogP contribution in [0.2, 0.25) is 5.02 Å². The van der Waals surface area contributed by atoms with Gasteiger partial charge in [0.25, 0.3) is 0 Å². The normalized spacial score (nSPS) is 15.2. The Kier molecular flexibility index (Phi) is 5.80. The Bertz CT molecular complexity index is 796. The third kappa shape index (κ3) is 4.24. The molecule has 0 aromatic heterocycles. The predicted octanol–water partition coefficient (Wildman–Crippen LogP) is 4.41. The molecule has 1 heterocycles. The second-order valence-electron chi connectivity index (χ2n) is 6.10. The number of hydrogen-bond acceptors (Lipinski definition) is 3. The van der Waals surface area contributed by atoms with E-state index in [1.165, 1.54) is 6.07 Å². The molecule has 0 N–H and O–H groups in total. The van der Waals surface area contributed by atoms with E-state index in [-0.39, 0.29) is 5.82 Å². The summed E-state index contributed by atoms with van der Waals surface area (Å²) >= 11 is 12.1. The standard InChI is InChI=1S/C19H18Cl2FN3/c20-11-16-3-1-15(9-17(16)21)13-24-5-7-25(8-6-24)19-4-2-14(12-23)10-18(19)22/h1-4,9-10H,5-8,11,13H2. The van der Waals surface area contributed by atoms with Crippen LogP contribution < -0.4 is 4.90 Å². The number of alkyl halides is 1. The molecule has 0 aliphatic carbocycles. The molecule has 0 radical (unpaired) electrons. The van der Waals surface area contributed by atoms with Gasteiger partial charge < -0.3 is 4.90 Å². The fraction of sp³-hybridized carbons (Fsp3) is 0.316. The van der Waals surface area contributed by atoms with Crippen LogP contribution in [-0.2, 0) is 12.4 Å². The summed E-state index contributed by atoms with van der Waals surface area (Å²) in [6.45, 7) is 3.99. The summed E-state index contributed by atoms with van der Waals surface area (Å²) in [6, 6.07) is 12.6. The molecule has 0 spiro atoms. The first-order chi connectivity index (χ1) is 12.1. The lowest BCUT2D eigenvalue weighted by Gasteiger charge is -2.36. The number of hydrogen-bond donors (Lipinski definition) is 0. The molecule has 0 amide bonds. The van der Waals surface area contributed by atoms with E-state index in [1.807, 2.05) is 23.1 Å². The monoisotopic (exact) mass is 377 g/mol. The molecule has 2 aromatic rings. The first kappa shape index (κ1) is 18.0. The second-order valence-corrected chi connectivity index (χ2v) is 6.78. The minimum absolute atomic E-state index is 0.337. The van der Waals surface area contributed by atoms with Gasteiger partial charge in [-0.15, -0.1) is 11.6 Å². The number of nitrogens with zero attached hydrogens (tertiary/aromatic N) is 3. The minimum Gasteiger partial charge on any atom is -0.367 e. The molecule has 0 bridgehead atoms. The number of halogens is 3. The Morgan fingerprint density at radius 2 is 1.84 bits per heavy atom. The molecule has 1 saturated heterocycles. The van der Waals surface area contributed by atoms with Gasteiger partial charge in [-0.3, -0.25) is 4.90 Å². The van der Waals surface area contributed by atoms with Gasteiger partial charge in [0, 0.05) is 43.6 Å². The van der Waals surface area contributed by atoms with Gasteiger partial charge in [0.1, 0.15) is 5.82 Å². The summed E-state index contributed by atoms with van der Waals surface area (Å²) in [4.78, 5) is 4.35. The fourth-order valence-electron chi connectivity index (χ4n) is 3.04. The quantitative estimate of drug-likeness (QED) is 0.739. The summed E-state index contributed by atoms with van der Waals surface area (Å²) < 4.78 is 14.1. The van der Waals surface area contributed by atoms with Crippen LogP contribution >= 0.6 is 23.2 Å². The number of piperazine rings is 1. The fourth-order valence-corrected chi connectivity index (χ4v) is 3.61. The van der Waals surface area contributed by atoms with Crippen LogP contribution in [0, 0.1) is 17.1 Å². The van der Waals surface area contributed by atoms with Crippen LogP contribution in [0.25, 0.3) is 0 Å². The number of benzene rings is 2. The Balaban J connectivity index is 1.60. The van der Waals surface area contributed by atoms with E-state index in [9.17, 15) is 4.39 Å². The topological polar surface area (TPSA) is 30.3 Å². The van der Waals surface area contributed by atoms with Crippen molar-refractivity contribution < 1.29 is 4.39 Å². The van der Waals surface area contributed by atoms with E-state index in [1.54, 1.807) is 12.1 Å². The van der Waals surface area contributed by atoms with Gasteiger partial charge in [-0.25, -0.2) is 4.39 Å². The SMILES string of the molecule is N#Cc1ccc(N2CCN(Cc3ccc(CCl)c(Cl)c3)CC2)c(F)c1. The molecule has 6 heteroatoms. The highest BCUT2D eigenvalue weighted by atomic mass is 35.5. The number of nitriles is 1. The highest BCUT2D eigenvalue weighted by Crippen LogP contribution is 2.24. The van der Waals surface area contributed by atoms with Crippen molar-refractivity contribution in [3.05, 3.63) is 63.9 Å². The lowest BCUT2D eigenvalue weighted by atomic mass is 10.1. The third-order valence-corrected chi connectivity index (χ3v) is 5.10. The maximum absolute atomic E-state index is 14.1. The van der Waals surface area contributed by atoms with Gasteiger partial charge in [0.15, 0.2) is 0 Å². The van der Waals surface area contributed by atoms with Crippen molar-refractivity contribution >= 4 is 28.9 Å². The van der Waals surface area contributed by atoms with E-state index in [2.05, 4.69) is 11.0 Å². The van der Waals surface area contributed by atoms with Crippen molar-refractivity contribution in [3.8, 4) is 6.07 Å². The molecule has 1 aliphatic rings. The van der Waals surface area contributed by atoms with Crippen LogP contribution in [0.1, 0.15) is 16.7 Å². The summed E-state index contributed by atoms with van der Waals surface area (Å²) in [5.41, 5.74) is 3.00. The molecular weight excluding hydrogens is 360 g/mol. The van der Waals surface area contributed by atoms with Crippen LogP contribution in [0.4, 0.5) is 10.1 Å². The van der Waals surface area contributed by atoms with Gasteiger partial charge in [0.2, 0.25) is 0 Å². The van der Waals surface area contributed by atoms with Gasteiger partial charge in [-0.1, -0.05) is 23.7 Å². The smallest absolute Gasteiger partial charge is 0.147 e. The summed E-state index contributed by atoms with van der Waals surface area (Å²) in [6.07, 6.45) is 0. The molecule has 1 fully saturated rings. The van der Waals surface area contributed by atoms with Crippen molar-refractivity contribution in [2.24, 2.45) is 0 Å². The minimum atomic E-state index is -0.337. The molecule has 1 aliphatic heterocycles. The maximum Gasteiger partial charge on any atom is 0.147 e. The molecule has 0 atom stereocenters. The summed E-state index contributed by atoms with van der Waals surface area (Å²) in [5, 5.41) is 9.54. The number of anilines is 1. The third-order valence-electron chi connectivity index (χ3n) is 4.46. The molecular formula is C19H18Cl2FN3. The van der Waals surface area contributed by atoms with Gasteiger partial charge >= 0.3 is 0 Å². The van der Waals surface area contributed by atoms with E-state index >= 15 is 0 Å². The summed E-state index contributed by atoms with van der Waals surface area (Å²) in [7, 11) is 0. The van der Waals surface area contributed by atoms with Crippen molar-refractivity contribution in [2.75, 3.05) is 31.1 Å². The van der Waals surface area contributed by atoms with Crippen molar-refractivity contribution in [2.45, 2.75) is 12.4 Å². The Labute approximate surface area is 157 Å². The van der Waals surface area contributed by atoms with E-state index in [4.69, 9.17) is 28.5 Å². The van der Waals surface area contributed by atoms with E-state index in [0.717, 1.165) is 43.9 Å². The van der Waals surface area contributed by atoms with Crippen LogP contribution in [-0.4, -0.2) is 31.1 Å². The zero-order valence-electron chi connectivity index (χ0n) is 13.7. The lowest BCUT2D eigenvalue weighted by molar-refractivity contribution is 0.249. The molecule has 2 aromatic carbocycles. The first-order valence-electron chi connectivity index (χ1n) is 8.11. The molecule has 3 nitrogen and oxygen atoms in total. The maximum atomic E-state index is 14.1. The lowest BCUT2D eigenvalue weighted by Crippen LogP contribution is -2.46. The van der Waals surface area contributed by atoms with Crippen molar-refractivity contribution in [1.82, 2.24) is 4.90 Å². The average Bonchev–Trinajstić information content (AvgIpc) is 2.62. The summed E-state index contributed by atoms with van der Waals surface area (Å²) in [5.74, 6) is 0.0736. The Hall–Kier alpha value is -1.80. The van der Waals surface area contributed by atoms with Gasteiger partial charge in [-0.2, -0.15) is 5.26 Å². The molecule has 25 heavy (non-hydrogen) atoms. The Morgan fingerprint density at radius 3 is 2.44 bits per heavy atom. The van der Waals surface area contributed by atoms with Crippen LogP contribution in [0.15, 0.2) is 36.4 Å². The zero-order chi connectivity index (χ0) is 17.8. The van der Waals surface area contributed by atoms with E-state index in [0.29, 0.717) is 22.2 Å². The van der Waals surface area contributed by atoms with Crippen LogP contribution in [0.5, 0.6) is 0 Å². The highest BCUT2D eigenvalue weighted by Gasteiger charge is 2.20.